The maximum absolute atomic E-state index is 13.6. The molecular weight excluding hydrogens is 352 g/mol. The molecule has 5 nitrogen and oxygen atoms in total. The van der Waals surface area contributed by atoms with Crippen molar-refractivity contribution in [1.29, 1.82) is 0 Å². The monoisotopic (exact) mass is 367 g/mol. The van der Waals surface area contributed by atoms with Crippen molar-refractivity contribution >= 4 is 21.7 Å². The number of hydrogen-bond acceptors (Lipinski definition) is 4. The van der Waals surface area contributed by atoms with Crippen LogP contribution in [0.15, 0.2) is 42.5 Å². The molecule has 0 amide bonds. The van der Waals surface area contributed by atoms with Crippen molar-refractivity contribution in [3.8, 4) is 0 Å². The normalized spacial score (nSPS) is 16.0. The lowest BCUT2D eigenvalue weighted by Crippen LogP contribution is -2.25. The van der Waals surface area contributed by atoms with E-state index in [1.807, 2.05) is 0 Å². The van der Waals surface area contributed by atoms with Crippen LogP contribution in [0.25, 0.3) is 0 Å². The zero-order chi connectivity index (χ0) is 18.0. The zero-order valence-electron chi connectivity index (χ0n) is 13.1. The van der Waals surface area contributed by atoms with Crippen molar-refractivity contribution in [3.63, 3.8) is 0 Å². The predicted molar refractivity (Wildman–Crippen MR) is 87.7 cm³/mol. The number of benzene rings is 2. The minimum Gasteiger partial charge on any atom is -0.457 e. The molecule has 8 heteroatoms. The Morgan fingerprint density at radius 1 is 1.16 bits per heavy atom. The summed E-state index contributed by atoms with van der Waals surface area (Å²) in [5, 5.41) is 0. The van der Waals surface area contributed by atoms with Crippen LogP contribution in [0, 0.1) is 11.6 Å². The molecule has 3 rings (SSSR count). The van der Waals surface area contributed by atoms with E-state index in [-0.39, 0.29) is 16.9 Å². The summed E-state index contributed by atoms with van der Waals surface area (Å²) in [5.41, 5.74) is 0.437. The summed E-state index contributed by atoms with van der Waals surface area (Å²) >= 11 is 0. The molecule has 0 bridgehead atoms. The number of ether oxygens (including phenoxy) is 1. The van der Waals surface area contributed by atoms with Gasteiger partial charge in [-0.2, -0.15) is 0 Å². The van der Waals surface area contributed by atoms with E-state index >= 15 is 0 Å². The van der Waals surface area contributed by atoms with Gasteiger partial charge in [-0.3, -0.25) is 4.31 Å². The Morgan fingerprint density at radius 2 is 1.92 bits per heavy atom. The number of carbonyl (C=O) groups excluding carboxylic acids is 1. The van der Waals surface area contributed by atoms with E-state index in [2.05, 4.69) is 0 Å². The summed E-state index contributed by atoms with van der Waals surface area (Å²) in [7, 11) is -3.36. The average molecular weight is 367 g/mol. The predicted octanol–water partition coefficient (Wildman–Crippen LogP) is 2.86. The molecule has 2 aromatic carbocycles. The minimum atomic E-state index is -3.36. The van der Waals surface area contributed by atoms with Crippen LogP contribution in [0.3, 0.4) is 0 Å². The van der Waals surface area contributed by atoms with Crippen LogP contribution >= 0.6 is 0 Å². The molecule has 0 N–H and O–H groups in total. The fraction of sp³-hybridized carbons (Fsp3) is 0.235. The Morgan fingerprint density at radius 3 is 2.64 bits per heavy atom. The molecule has 1 heterocycles. The van der Waals surface area contributed by atoms with Crippen molar-refractivity contribution in [3.05, 3.63) is 65.2 Å². The summed E-state index contributed by atoms with van der Waals surface area (Å²) < 4.78 is 56.9. The van der Waals surface area contributed by atoms with Crippen molar-refractivity contribution < 1.29 is 26.7 Å². The van der Waals surface area contributed by atoms with Crippen LogP contribution in [-0.2, 0) is 21.4 Å². The topological polar surface area (TPSA) is 63.7 Å². The number of esters is 1. The second kappa shape index (κ2) is 6.79. The Labute approximate surface area is 143 Å². The van der Waals surface area contributed by atoms with Crippen LogP contribution in [-0.4, -0.2) is 26.7 Å². The Kier molecular flexibility index (Phi) is 4.71. The molecule has 0 radical (unpaired) electrons. The average Bonchev–Trinajstić information content (AvgIpc) is 2.95. The number of sulfonamides is 1. The lowest BCUT2D eigenvalue weighted by Gasteiger charge is -2.17. The zero-order valence-corrected chi connectivity index (χ0v) is 13.9. The van der Waals surface area contributed by atoms with Gasteiger partial charge in [0.05, 0.1) is 17.0 Å². The van der Waals surface area contributed by atoms with Gasteiger partial charge in [0.2, 0.25) is 10.0 Å². The first-order valence-electron chi connectivity index (χ1n) is 7.59. The Hall–Kier alpha value is -2.48. The first-order chi connectivity index (χ1) is 11.9. The first-order valence-corrected chi connectivity index (χ1v) is 9.20. The fourth-order valence-corrected chi connectivity index (χ4v) is 4.16. The van der Waals surface area contributed by atoms with Gasteiger partial charge < -0.3 is 4.74 Å². The van der Waals surface area contributed by atoms with Crippen LogP contribution in [0.2, 0.25) is 0 Å². The van der Waals surface area contributed by atoms with Crippen LogP contribution in [0.1, 0.15) is 22.3 Å². The molecule has 1 fully saturated rings. The molecule has 1 aliphatic heterocycles. The molecule has 0 atom stereocenters. The molecule has 1 aliphatic rings. The van der Waals surface area contributed by atoms with Gasteiger partial charge >= 0.3 is 5.97 Å². The fourth-order valence-electron chi connectivity index (χ4n) is 2.60. The number of anilines is 1. The van der Waals surface area contributed by atoms with Gasteiger partial charge in [-0.1, -0.05) is 18.2 Å². The highest BCUT2D eigenvalue weighted by Crippen LogP contribution is 2.25. The van der Waals surface area contributed by atoms with Crippen LogP contribution < -0.4 is 4.31 Å². The van der Waals surface area contributed by atoms with Gasteiger partial charge in [-0.05, 0) is 30.7 Å². The molecule has 0 spiro atoms. The number of rotatable bonds is 4. The SMILES string of the molecule is O=C(OCc1cccc(F)c1F)c1cccc(N2CCCS2(=O)=O)c1. The number of halogens is 2. The van der Waals surface area contributed by atoms with Gasteiger partial charge in [-0.25, -0.2) is 22.0 Å². The third-order valence-electron chi connectivity index (χ3n) is 3.86. The highest BCUT2D eigenvalue weighted by molar-refractivity contribution is 7.93. The maximum Gasteiger partial charge on any atom is 0.338 e. The first kappa shape index (κ1) is 17.3. The van der Waals surface area contributed by atoms with Gasteiger partial charge in [0.25, 0.3) is 0 Å². The van der Waals surface area contributed by atoms with E-state index in [9.17, 15) is 22.0 Å². The molecule has 25 heavy (non-hydrogen) atoms. The number of carbonyl (C=O) groups is 1. The molecule has 0 aliphatic carbocycles. The second-order valence-corrected chi connectivity index (χ2v) is 7.59. The van der Waals surface area contributed by atoms with Crippen molar-refractivity contribution in [2.75, 3.05) is 16.6 Å². The van der Waals surface area contributed by atoms with Gasteiger partial charge in [0.1, 0.15) is 6.61 Å². The summed E-state index contributed by atoms with van der Waals surface area (Å²) in [4.78, 5) is 12.1. The highest BCUT2D eigenvalue weighted by atomic mass is 32.2. The Bertz CT molecular complexity index is 915. The lowest BCUT2D eigenvalue weighted by molar-refractivity contribution is 0.0468. The van der Waals surface area contributed by atoms with E-state index in [0.717, 1.165) is 6.07 Å². The lowest BCUT2D eigenvalue weighted by atomic mass is 10.2. The molecule has 0 aromatic heterocycles. The summed E-state index contributed by atoms with van der Waals surface area (Å²) in [6, 6.07) is 9.62. The van der Waals surface area contributed by atoms with Crippen LogP contribution in [0.5, 0.6) is 0 Å². The van der Waals surface area contributed by atoms with E-state index in [4.69, 9.17) is 4.74 Å². The second-order valence-electron chi connectivity index (χ2n) is 5.58. The molecule has 2 aromatic rings. The van der Waals surface area contributed by atoms with E-state index < -0.39 is 34.2 Å². The van der Waals surface area contributed by atoms with E-state index in [1.54, 1.807) is 12.1 Å². The van der Waals surface area contributed by atoms with Crippen molar-refractivity contribution in [2.45, 2.75) is 13.0 Å². The van der Waals surface area contributed by atoms with Crippen LogP contribution in [0.4, 0.5) is 14.5 Å². The third-order valence-corrected chi connectivity index (χ3v) is 5.73. The van der Waals surface area contributed by atoms with Gasteiger partial charge in [0, 0.05) is 12.1 Å². The largest absolute Gasteiger partial charge is 0.457 e. The quantitative estimate of drug-likeness (QED) is 0.780. The third kappa shape index (κ3) is 3.63. The molecule has 0 saturated carbocycles. The molecular formula is C17H15F2NO4S. The number of nitrogens with zero attached hydrogens (tertiary/aromatic N) is 1. The van der Waals surface area contributed by atoms with E-state index in [0.29, 0.717) is 18.7 Å². The summed E-state index contributed by atoms with van der Waals surface area (Å²) in [6.07, 6.45) is 0.524. The highest BCUT2D eigenvalue weighted by Gasteiger charge is 2.28. The number of hydrogen-bond donors (Lipinski definition) is 0. The summed E-state index contributed by atoms with van der Waals surface area (Å²) in [5.74, 6) is -2.76. The van der Waals surface area contributed by atoms with Crippen molar-refractivity contribution in [1.82, 2.24) is 0 Å². The van der Waals surface area contributed by atoms with Gasteiger partial charge in [0.15, 0.2) is 11.6 Å². The molecule has 1 saturated heterocycles. The minimum absolute atomic E-state index is 0.0700. The Balaban J connectivity index is 1.75. The van der Waals surface area contributed by atoms with Crippen molar-refractivity contribution in [2.24, 2.45) is 0 Å². The molecule has 0 unspecified atom stereocenters. The van der Waals surface area contributed by atoms with Gasteiger partial charge in [-0.15, -0.1) is 0 Å². The summed E-state index contributed by atoms with van der Waals surface area (Å²) in [6.45, 7) is -0.0655. The smallest absolute Gasteiger partial charge is 0.338 e. The molecule has 132 valence electrons. The maximum atomic E-state index is 13.6. The van der Waals surface area contributed by atoms with E-state index in [1.165, 1.54) is 28.6 Å². The standard InChI is InChI=1S/C17H15F2NO4S/c18-15-7-2-5-13(16(15)19)11-24-17(21)12-4-1-6-14(10-12)20-8-3-9-25(20,22)23/h1-2,4-7,10H,3,8-9,11H2.